The van der Waals surface area contributed by atoms with Gasteiger partial charge >= 0.3 is 0 Å². The molecule has 0 spiro atoms. The number of nitrogens with one attached hydrogen (secondary N) is 1. The number of benzene rings is 3. The quantitative estimate of drug-likeness (QED) is 0.264. The first-order valence-corrected chi connectivity index (χ1v) is 11.9. The summed E-state index contributed by atoms with van der Waals surface area (Å²) in [5.41, 5.74) is 3.98. The number of hydrogen-bond acceptors (Lipinski definition) is 5. The highest BCUT2D eigenvalue weighted by atomic mass is 19.1. The Hall–Kier alpha value is -4.72. The van der Waals surface area contributed by atoms with Gasteiger partial charge in [0.25, 0.3) is 5.91 Å². The second kappa shape index (κ2) is 11.3. The standard InChI is InChI=1S/C29H25FN4O3/c30-23-8-10-25(11-9-23)36-14-3-15-37-26-6-1-5-24(17-26)34-20-33-27-16-22(7-12-28(27)34)29(35)32-19-21-4-2-13-31-18-21/h1-2,4-13,16-18,20H,3,14-15,19H2,(H,32,35). The molecule has 0 radical (unpaired) electrons. The van der Waals surface area contributed by atoms with Crippen molar-refractivity contribution >= 4 is 16.9 Å². The molecule has 0 aliphatic rings. The minimum Gasteiger partial charge on any atom is -0.493 e. The lowest BCUT2D eigenvalue weighted by molar-refractivity contribution is 0.0951. The van der Waals surface area contributed by atoms with Crippen LogP contribution < -0.4 is 14.8 Å². The third kappa shape index (κ3) is 6.10. The molecular formula is C29H25FN4O3. The molecule has 8 heteroatoms. The van der Waals surface area contributed by atoms with E-state index < -0.39 is 0 Å². The van der Waals surface area contributed by atoms with Crippen LogP contribution >= 0.6 is 0 Å². The summed E-state index contributed by atoms with van der Waals surface area (Å²) < 4.78 is 26.4. The number of halogens is 1. The summed E-state index contributed by atoms with van der Waals surface area (Å²) in [7, 11) is 0. The maximum absolute atomic E-state index is 13.0. The zero-order chi connectivity index (χ0) is 25.5. The summed E-state index contributed by atoms with van der Waals surface area (Å²) in [4.78, 5) is 21.2. The van der Waals surface area contributed by atoms with Gasteiger partial charge in [-0.25, -0.2) is 9.37 Å². The molecule has 0 saturated carbocycles. The average Bonchev–Trinajstić information content (AvgIpc) is 3.37. The molecule has 0 fully saturated rings. The van der Waals surface area contributed by atoms with Gasteiger partial charge in [0.05, 0.1) is 29.9 Å². The van der Waals surface area contributed by atoms with Gasteiger partial charge in [0, 0.05) is 37.0 Å². The Kier molecular flexibility index (Phi) is 7.36. The molecule has 1 N–H and O–H groups in total. The summed E-state index contributed by atoms with van der Waals surface area (Å²) in [6.07, 6.45) is 5.84. The largest absolute Gasteiger partial charge is 0.493 e. The van der Waals surface area contributed by atoms with Gasteiger partial charge in [-0.1, -0.05) is 12.1 Å². The van der Waals surface area contributed by atoms with E-state index in [9.17, 15) is 9.18 Å². The fourth-order valence-corrected chi connectivity index (χ4v) is 3.84. The van der Waals surface area contributed by atoms with Crippen LogP contribution in [-0.4, -0.2) is 33.7 Å². The van der Waals surface area contributed by atoms with Crippen LogP contribution in [-0.2, 0) is 6.54 Å². The molecule has 2 aromatic heterocycles. The summed E-state index contributed by atoms with van der Waals surface area (Å²) in [5, 5.41) is 2.91. The zero-order valence-corrected chi connectivity index (χ0v) is 20.0. The first kappa shape index (κ1) is 24.0. The lowest BCUT2D eigenvalue weighted by Crippen LogP contribution is -2.22. The molecule has 0 bridgehead atoms. The maximum atomic E-state index is 13.0. The normalized spacial score (nSPS) is 10.8. The Labute approximate surface area is 213 Å². The minimum absolute atomic E-state index is 0.167. The first-order chi connectivity index (χ1) is 18.2. The Bertz CT molecular complexity index is 1490. The number of fused-ring (bicyclic) bond motifs is 1. The molecule has 0 aliphatic heterocycles. The van der Waals surface area contributed by atoms with Gasteiger partial charge in [-0.15, -0.1) is 0 Å². The molecular weight excluding hydrogens is 471 g/mol. The Morgan fingerprint density at radius 3 is 2.57 bits per heavy atom. The van der Waals surface area contributed by atoms with E-state index in [1.54, 1.807) is 43.0 Å². The van der Waals surface area contributed by atoms with Crippen LogP contribution in [0.25, 0.3) is 16.7 Å². The number of rotatable bonds is 10. The molecule has 5 rings (SSSR count). The average molecular weight is 497 g/mol. The van der Waals surface area contributed by atoms with Gasteiger partial charge in [-0.05, 0) is 66.2 Å². The molecule has 2 heterocycles. The van der Waals surface area contributed by atoms with Crippen molar-refractivity contribution in [3.63, 3.8) is 0 Å². The van der Waals surface area contributed by atoms with Crippen molar-refractivity contribution < 1.29 is 18.7 Å². The van der Waals surface area contributed by atoms with E-state index in [1.165, 1.54) is 12.1 Å². The van der Waals surface area contributed by atoms with Crippen LogP contribution in [0.4, 0.5) is 4.39 Å². The Morgan fingerprint density at radius 2 is 1.76 bits per heavy atom. The number of amides is 1. The van der Waals surface area contributed by atoms with Gasteiger partial charge in [0.1, 0.15) is 23.6 Å². The lowest BCUT2D eigenvalue weighted by Gasteiger charge is -2.10. The summed E-state index contributed by atoms with van der Waals surface area (Å²) in [5.74, 6) is 0.903. The third-order valence-electron chi connectivity index (χ3n) is 5.72. The second-order valence-electron chi connectivity index (χ2n) is 8.36. The van der Waals surface area contributed by atoms with E-state index in [0.717, 1.165) is 28.0 Å². The van der Waals surface area contributed by atoms with E-state index in [4.69, 9.17) is 9.47 Å². The lowest BCUT2D eigenvalue weighted by atomic mass is 10.1. The minimum atomic E-state index is -0.288. The van der Waals surface area contributed by atoms with E-state index in [0.29, 0.717) is 37.5 Å². The van der Waals surface area contributed by atoms with Crippen LogP contribution in [0.5, 0.6) is 11.5 Å². The van der Waals surface area contributed by atoms with Crippen LogP contribution in [0, 0.1) is 5.82 Å². The molecule has 1 amide bonds. The third-order valence-corrected chi connectivity index (χ3v) is 5.72. The zero-order valence-electron chi connectivity index (χ0n) is 20.0. The number of pyridine rings is 1. The number of hydrogen-bond donors (Lipinski definition) is 1. The van der Waals surface area contributed by atoms with Crippen molar-refractivity contribution in [2.24, 2.45) is 0 Å². The van der Waals surface area contributed by atoms with Crippen LogP contribution in [0.2, 0.25) is 0 Å². The highest BCUT2D eigenvalue weighted by Crippen LogP contribution is 2.23. The molecule has 0 aliphatic carbocycles. The molecule has 0 saturated heterocycles. The van der Waals surface area contributed by atoms with Gasteiger partial charge in [0.2, 0.25) is 0 Å². The van der Waals surface area contributed by atoms with Crippen LogP contribution in [0.3, 0.4) is 0 Å². The van der Waals surface area contributed by atoms with E-state index >= 15 is 0 Å². The number of imidazole rings is 1. The highest BCUT2D eigenvalue weighted by Gasteiger charge is 2.11. The second-order valence-corrected chi connectivity index (χ2v) is 8.36. The molecule has 186 valence electrons. The molecule has 0 unspecified atom stereocenters. The summed E-state index contributed by atoms with van der Waals surface area (Å²) in [6.45, 7) is 1.35. The van der Waals surface area contributed by atoms with Gasteiger partial charge in [0.15, 0.2) is 0 Å². The smallest absolute Gasteiger partial charge is 0.251 e. The fourth-order valence-electron chi connectivity index (χ4n) is 3.84. The monoisotopic (exact) mass is 496 g/mol. The predicted octanol–water partition coefficient (Wildman–Crippen LogP) is 5.34. The fraction of sp³-hybridized carbons (Fsp3) is 0.138. The van der Waals surface area contributed by atoms with Gasteiger partial charge < -0.3 is 14.8 Å². The van der Waals surface area contributed by atoms with Crippen LogP contribution in [0.1, 0.15) is 22.3 Å². The number of carbonyl (C=O) groups is 1. The van der Waals surface area contributed by atoms with Crippen molar-refractivity contribution in [3.05, 3.63) is 115 Å². The SMILES string of the molecule is O=C(NCc1cccnc1)c1ccc2c(c1)ncn2-c1cccc(OCCCOc2ccc(F)cc2)c1. The van der Waals surface area contributed by atoms with Crippen molar-refractivity contribution in [3.8, 4) is 17.2 Å². The topological polar surface area (TPSA) is 78.3 Å². The van der Waals surface area contributed by atoms with E-state index in [2.05, 4.69) is 15.3 Å². The summed E-state index contributed by atoms with van der Waals surface area (Å²) in [6, 6.07) is 22.9. The predicted molar refractivity (Wildman–Crippen MR) is 138 cm³/mol. The Morgan fingerprint density at radius 1 is 0.919 bits per heavy atom. The van der Waals surface area contributed by atoms with Crippen LogP contribution in [0.15, 0.2) is 97.6 Å². The molecule has 37 heavy (non-hydrogen) atoms. The molecule has 7 nitrogen and oxygen atoms in total. The van der Waals surface area contributed by atoms with Crippen molar-refractivity contribution in [2.45, 2.75) is 13.0 Å². The maximum Gasteiger partial charge on any atom is 0.251 e. The highest BCUT2D eigenvalue weighted by molar-refractivity contribution is 5.97. The molecule has 0 atom stereocenters. The van der Waals surface area contributed by atoms with Gasteiger partial charge in [-0.2, -0.15) is 0 Å². The number of ether oxygens (including phenoxy) is 2. The number of nitrogens with zero attached hydrogens (tertiary/aromatic N) is 3. The Balaban J connectivity index is 1.19. The van der Waals surface area contributed by atoms with Crippen molar-refractivity contribution in [2.75, 3.05) is 13.2 Å². The molecule has 3 aromatic carbocycles. The number of aromatic nitrogens is 3. The number of carbonyl (C=O) groups excluding carboxylic acids is 1. The van der Waals surface area contributed by atoms with Gasteiger partial charge in [-0.3, -0.25) is 14.3 Å². The summed E-state index contributed by atoms with van der Waals surface area (Å²) >= 11 is 0. The molecule has 5 aromatic rings. The first-order valence-electron chi connectivity index (χ1n) is 11.9. The van der Waals surface area contributed by atoms with Crippen molar-refractivity contribution in [1.29, 1.82) is 0 Å². The van der Waals surface area contributed by atoms with Crippen molar-refractivity contribution in [1.82, 2.24) is 19.9 Å². The van der Waals surface area contributed by atoms with E-state index in [1.807, 2.05) is 47.0 Å². The van der Waals surface area contributed by atoms with E-state index in [-0.39, 0.29) is 11.7 Å².